The molecule has 2 fully saturated rings. The van der Waals surface area contributed by atoms with E-state index in [1.165, 1.54) is 64.2 Å². The van der Waals surface area contributed by atoms with Gasteiger partial charge in [-0.15, -0.1) is 0 Å². The standard InChI is InChI=1S/C26H46O/c1-19(2)9-7-11-21(4)23-13-14-24-25(23,5)17-16-22-12-8-10-20(3)15-18-26(22,24)27-6/h15,19,21-24H,7-14,16-18H2,1-6H3/b20-15-/t21-,22-,23-,24-,25-,26+/m1/s1. The Labute approximate surface area is 169 Å². The highest BCUT2D eigenvalue weighted by Gasteiger charge is 2.61. The van der Waals surface area contributed by atoms with Crippen molar-refractivity contribution in [1.82, 2.24) is 0 Å². The second-order valence-corrected chi connectivity index (χ2v) is 11.1. The van der Waals surface area contributed by atoms with Crippen molar-refractivity contribution in [2.75, 3.05) is 7.11 Å². The van der Waals surface area contributed by atoms with Crippen LogP contribution in [0.1, 0.15) is 105 Å². The number of hydrogen-bond acceptors (Lipinski definition) is 1. The Kier molecular flexibility index (Phi) is 6.82. The van der Waals surface area contributed by atoms with Crippen molar-refractivity contribution in [2.24, 2.45) is 35.0 Å². The predicted octanol–water partition coefficient (Wildman–Crippen LogP) is 7.80. The largest absolute Gasteiger partial charge is 0.377 e. The molecule has 0 unspecified atom stereocenters. The third-order valence-corrected chi connectivity index (χ3v) is 9.12. The summed E-state index contributed by atoms with van der Waals surface area (Å²) >= 11 is 0. The molecule has 2 saturated carbocycles. The minimum absolute atomic E-state index is 0.112. The van der Waals surface area contributed by atoms with Crippen LogP contribution in [0.4, 0.5) is 0 Å². The van der Waals surface area contributed by atoms with E-state index in [9.17, 15) is 0 Å². The van der Waals surface area contributed by atoms with Gasteiger partial charge >= 0.3 is 0 Å². The molecule has 3 aliphatic carbocycles. The third-order valence-electron chi connectivity index (χ3n) is 9.12. The molecule has 156 valence electrons. The summed E-state index contributed by atoms with van der Waals surface area (Å²) in [4.78, 5) is 0. The lowest BCUT2D eigenvalue weighted by atomic mass is 9.52. The van der Waals surface area contributed by atoms with E-state index in [2.05, 4.69) is 40.7 Å². The summed E-state index contributed by atoms with van der Waals surface area (Å²) in [5.41, 5.74) is 2.19. The van der Waals surface area contributed by atoms with E-state index in [0.29, 0.717) is 5.41 Å². The molecule has 0 bridgehead atoms. The van der Waals surface area contributed by atoms with Crippen LogP contribution in [-0.4, -0.2) is 12.7 Å². The molecule has 0 saturated heterocycles. The Morgan fingerprint density at radius 3 is 2.59 bits per heavy atom. The average molecular weight is 375 g/mol. The van der Waals surface area contributed by atoms with Crippen molar-refractivity contribution in [1.29, 1.82) is 0 Å². The van der Waals surface area contributed by atoms with Crippen LogP contribution in [0, 0.1) is 35.0 Å². The molecule has 0 spiro atoms. The molecule has 3 aliphatic rings. The van der Waals surface area contributed by atoms with E-state index in [4.69, 9.17) is 4.74 Å². The molecule has 6 atom stereocenters. The number of methoxy groups -OCH3 is 1. The van der Waals surface area contributed by atoms with Gasteiger partial charge in [-0.2, -0.15) is 0 Å². The van der Waals surface area contributed by atoms with Gasteiger partial charge in [-0.05, 0) is 93.3 Å². The van der Waals surface area contributed by atoms with Crippen LogP contribution in [0.15, 0.2) is 11.6 Å². The van der Waals surface area contributed by atoms with Crippen molar-refractivity contribution >= 4 is 0 Å². The van der Waals surface area contributed by atoms with E-state index in [1.54, 1.807) is 5.57 Å². The van der Waals surface area contributed by atoms with Crippen LogP contribution < -0.4 is 0 Å². The smallest absolute Gasteiger partial charge is 0.0774 e. The molecule has 0 amide bonds. The number of rotatable bonds is 6. The third kappa shape index (κ3) is 4.05. The van der Waals surface area contributed by atoms with Gasteiger partial charge in [-0.3, -0.25) is 0 Å². The zero-order valence-corrected chi connectivity index (χ0v) is 19.2. The van der Waals surface area contributed by atoms with Crippen LogP contribution in [0.2, 0.25) is 0 Å². The highest BCUT2D eigenvalue weighted by atomic mass is 16.5. The normalized spacial score (nSPS) is 42.6. The molecule has 0 aromatic heterocycles. The first kappa shape index (κ1) is 21.4. The van der Waals surface area contributed by atoms with Gasteiger partial charge in [0.1, 0.15) is 0 Å². The van der Waals surface area contributed by atoms with Crippen molar-refractivity contribution < 1.29 is 4.74 Å². The van der Waals surface area contributed by atoms with Crippen LogP contribution in [0.3, 0.4) is 0 Å². The fraction of sp³-hybridized carbons (Fsp3) is 0.923. The maximum atomic E-state index is 6.54. The molecule has 1 nitrogen and oxygen atoms in total. The molecule has 0 aliphatic heterocycles. The fourth-order valence-electron chi connectivity index (χ4n) is 7.58. The molecule has 3 rings (SSSR count). The van der Waals surface area contributed by atoms with E-state index in [1.807, 2.05) is 7.11 Å². The Morgan fingerprint density at radius 1 is 1.11 bits per heavy atom. The van der Waals surface area contributed by atoms with Crippen LogP contribution in [0.25, 0.3) is 0 Å². The lowest BCUT2D eigenvalue weighted by Crippen LogP contribution is -2.56. The highest BCUT2D eigenvalue weighted by Crippen LogP contribution is 2.65. The Bertz CT molecular complexity index is 520. The maximum Gasteiger partial charge on any atom is 0.0774 e. The predicted molar refractivity (Wildman–Crippen MR) is 117 cm³/mol. The molecular weight excluding hydrogens is 328 g/mol. The Balaban J connectivity index is 1.80. The lowest BCUT2D eigenvalue weighted by Gasteiger charge is -2.57. The van der Waals surface area contributed by atoms with Crippen molar-refractivity contribution in [3.8, 4) is 0 Å². The number of hydrogen-bond donors (Lipinski definition) is 0. The highest BCUT2D eigenvalue weighted by molar-refractivity contribution is 5.15. The van der Waals surface area contributed by atoms with Crippen LogP contribution in [-0.2, 0) is 4.74 Å². The topological polar surface area (TPSA) is 9.23 Å². The number of ether oxygens (including phenoxy) is 1. The summed E-state index contributed by atoms with van der Waals surface area (Å²) in [6.07, 6.45) is 17.6. The quantitative estimate of drug-likeness (QED) is 0.431. The van der Waals surface area contributed by atoms with E-state index in [0.717, 1.165) is 36.0 Å². The monoisotopic (exact) mass is 374 g/mol. The molecule has 0 aromatic rings. The zero-order valence-electron chi connectivity index (χ0n) is 19.2. The number of fused-ring (bicyclic) bond motifs is 3. The second-order valence-electron chi connectivity index (χ2n) is 11.1. The zero-order chi connectivity index (χ0) is 19.7. The van der Waals surface area contributed by atoms with Gasteiger partial charge < -0.3 is 4.74 Å². The molecule has 0 heterocycles. The second kappa shape index (κ2) is 8.60. The van der Waals surface area contributed by atoms with Crippen molar-refractivity contribution in [3.05, 3.63) is 11.6 Å². The molecular formula is C26H46O. The van der Waals surface area contributed by atoms with Crippen LogP contribution >= 0.6 is 0 Å². The number of allylic oxidation sites excluding steroid dienone is 1. The SMILES string of the molecule is CO[C@@]12C/C=C(/C)CCC[C@@H]1CC[C@]1(C)[C@@H]([C@H](C)CCCC(C)C)CC[C@H]12. The van der Waals surface area contributed by atoms with Gasteiger partial charge in [0.2, 0.25) is 0 Å². The van der Waals surface area contributed by atoms with Gasteiger partial charge in [0.25, 0.3) is 0 Å². The minimum Gasteiger partial charge on any atom is -0.377 e. The van der Waals surface area contributed by atoms with Crippen molar-refractivity contribution in [2.45, 2.75) is 111 Å². The average Bonchev–Trinajstić information content (AvgIpc) is 2.96. The summed E-state index contributed by atoms with van der Waals surface area (Å²) in [5, 5.41) is 0. The summed E-state index contributed by atoms with van der Waals surface area (Å²) in [6, 6.07) is 0. The minimum atomic E-state index is 0.112. The molecule has 0 radical (unpaired) electrons. The first-order chi connectivity index (χ1) is 12.8. The van der Waals surface area contributed by atoms with Gasteiger partial charge in [0.05, 0.1) is 5.60 Å². The molecule has 0 N–H and O–H groups in total. The first-order valence-electron chi connectivity index (χ1n) is 12.0. The van der Waals surface area contributed by atoms with E-state index in [-0.39, 0.29) is 5.60 Å². The summed E-state index contributed by atoms with van der Waals surface area (Å²) in [5.74, 6) is 4.16. The Morgan fingerprint density at radius 2 is 1.89 bits per heavy atom. The van der Waals surface area contributed by atoms with Crippen LogP contribution in [0.5, 0.6) is 0 Å². The summed E-state index contributed by atoms with van der Waals surface area (Å²) < 4.78 is 6.54. The van der Waals surface area contributed by atoms with Gasteiger partial charge in [0.15, 0.2) is 0 Å². The fourth-order valence-corrected chi connectivity index (χ4v) is 7.58. The summed E-state index contributed by atoms with van der Waals surface area (Å²) in [7, 11) is 2.03. The molecule has 1 heteroatoms. The van der Waals surface area contributed by atoms with E-state index < -0.39 is 0 Å². The van der Waals surface area contributed by atoms with E-state index >= 15 is 0 Å². The lowest BCUT2D eigenvalue weighted by molar-refractivity contribution is -0.168. The van der Waals surface area contributed by atoms with Gasteiger partial charge in [0, 0.05) is 7.11 Å². The van der Waals surface area contributed by atoms with Gasteiger partial charge in [-0.1, -0.05) is 58.6 Å². The first-order valence-corrected chi connectivity index (χ1v) is 12.0. The maximum absolute atomic E-state index is 6.54. The molecule has 0 aromatic carbocycles. The van der Waals surface area contributed by atoms with Crippen molar-refractivity contribution in [3.63, 3.8) is 0 Å². The Hall–Kier alpha value is -0.300. The molecule has 27 heavy (non-hydrogen) atoms. The van der Waals surface area contributed by atoms with Gasteiger partial charge in [-0.25, -0.2) is 0 Å². The summed E-state index contributed by atoms with van der Waals surface area (Å²) in [6.45, 7) is 12.3.